The maximum absolute atomic E-state index is 12.4. The molecule has 0 radical (unpaired) electrons. The molecule has 0 atom stereocenters. The largest absolute Gasteiger partial charge is 0.343 e. The summed E-state index contributed by atoms with van der Waals surface area (Å²) in [7, 11) is -3.70. The van der Waals surface area contributed by atoms with Gasteiger partial charge in [0, 0.05) is 26.1 Å². The summed E-state index contributed by atoms with van der Waals surface area (Å²) in [6, 6.07) is 4.85. The number of aromatic nitrogens is 2. The van der Waals surface area contributed by atoms with E-state index in [1.54, 1.807) is 12.1 Å². The van der Waals surface area contributed by atoms with Crippen LogP contribution in [0.25, 0.3) is 11.0 Å². The molecule has 7 nitrogen and oxygen atoms in total. The number of hydrogen-bond donors (Lipinski definition) is 1. The lowest BCUT2D eigenvalue weighted by atomic mass is 10.1. The molecule has 1 aromatic carbocycles. The molecule has 23 heavy (non-hydrogen) atoms. The summed E-state index contributed by atoms with van der Waals surface area (Å²) in [4.78, 5) is 14.0. The number of piperidine rings is 1. The molecule has 2 aromatic rings. The third-order valence-corrected chi connectivity index (χ3v) is 5.91. The Balaban J connectivity index is 1.63. The first kappa shape index (κ1) is 16.3. The topological polar surface area (TPSA) is 92.3 Å². The number of sulfonamides is 1. The number of rotatable bonds is 5. The SMILES string of the molecule is O=C(CCNS(=O)(=O)c1cccc2nsnc12)N1CCCCC1. The van der Waals surface area contributed by atoms with E-state index < -0.39 is 10.0 Å². The molecule has 1 aliphatic heterocycles. The van der Waals surface area contributed by atoms with Gasteiger partial charge in [-0.1, -0.05) is 6.07 Å². The van der Waals surface area contributed by atoms with Crippen LogP contribution in [0.1, 0.15) is 25.7 Å². The Labute approximate surface area is 139 Å². The molecule has 1 saturated heterocycles. The number of nitrogens with zero attached hydrogens (tertiary/aromatic N) is 3. The molecule has 1 N–H and O–H groups in total. The fourth-order valence-electron chi connectivity index (χ4n) is 2.67. The van der Waals surface area contributed by atoms with Crippen LogP contribution in [0.3, 0.4) is 0 Å². The van der Waals surface area contributed by atoms with E-state index in [1.165, 1.54) is 6.07 Å². The van der Waals surface area contributed by atoms with Crippen LogP contribution in [0, 0.1) is 0 Å². The molecular formula is C14H18N4O3S2. The molecule has 1 aromatic heterocycles. The van der Waals surface area contributed by atoms with Gasteiger partial charge in [0.25, 0.3) is 0 Å². The summed E-state index contributed by atoms with van der Waals surface area (Å²) in [5, 5.41) is 0. The molecule has 124 valence electrons. The molecule has 0 spiro atoms. The van der Waals surface area contributed by atoms with E-state index in [-0.39, 0.29) is 23.8 Å². The van der Waals surface area contributed by atoms with Gasteiger partial charge in [-0.25, -0.2) is 13.1 Å². The highest BCUT2D eigenvalue weighted by Gasteiger charge is 2.21. The lowest BCUT2D eigenvalue weighted by molar-refractivity contribution is -0.131. The lowest BCUT2D eigenvalue weighted by Gasteiger charge is -2.26. The molecule has 2 heterocycles. The van der Waals surface area contributed by atoms with E-state index in [1.807, 2.05) is 4.90 Å². The lowest BCUT2D eigenvalue weighted by Crippen LogP contribution is -2.37. The van der Waals surface area contributed by atoms with Crippen LogP contribution in [0.2, 0.25) is 0 Å². The minimum absolute atomic E-state index is 0.000864. The number of fused-ring (bicyclic) bond motifs is 1. The van der Waals surface area contributed by atoms with Crippen molar-refractivity contribution in [3.63, 3.8) is 0 Å². The minimum Gasteiger partial charge on any atom is -0.343 e. The first-order chi connectivity index (χ1) is 11.1. The molecule has 0 unspecified atom stereocenters. The van der Waals surface area contributed by atoms with E-state index in [0.717, 1.165) is 44.1 Å². The van der Waals surface area contributed by atoms with Crippen molar-refractivity contribution in [3.05, 3.63) is 18.2 Å². The second-order valence-electron chi connectivity index (χ2n) is 5.48. The highest BCUT2D eigenvalue weighted by atomic mass is 32.2. The number of benzene rings is 1. The number of carbonyl (C=O) groups is 1. The Hall–Kier alpha value is -1.58. The van der Waals surface area contributed by atoms with Crippen molar-refractivity contribution in [1.82, 2.24) is 18.4 Å². The number of hydrogen-bond acceptors (Lipinski definition) is 6. The molecule has 1 aliphatic rings. The van der Waals surface area contributed by atoms with Crippen LogP contribution in [-0.4, -0.2) is 47.6 Å². The van der Waals surface area contributed by atoms with Gasteiger partial charge in [-0.3, -0.25) is 4.79 Å². The molecule has 0 bridgehead atoms. The second kappa shape index (κ2) is 6.90. The van der Waals surface area contributed by atoms with Gasteiger partial charge < -0.3 is 4.90 Å². The van der Waals surface area contributed by atoms with E-state index in [2.05, 4.69) is 13.5 Å². The molecule has 9 heteroatoms. The number of likely N-dealkylation sites (tertiary alicyclic amines) is 1. The van der Waals surface area contributed by atoms with Gasteiger partial charge in [-0.05, 0) is 31.4 Å². The van der Waals surface area contributed by atoms with Crippen LogP contribution >= 0.6 is 11.7 Å². The van der Waals surface area contributed by atoms with Crippen LogP contribution in [0.15, 0.2) is 23.1 Å². The molecule has 1 fully saturated rings. The first-order valence-electron chi connectivity index (χ1n) is 7.57. The summed E-state index contributed by atoms with van der Waals surface area (Å²) < 4.78 is 35.4. The third-order valence-electron chi connectivity index (χ3n) is 3.88. The standard InChI is InChI=1S/C14H18N4O3S2/c19-13(18-9-2-1-3-10-18)7-8-15-23(20,21)12-6-4-5-11-14(12)17-22-16-11/h4-6,15H,1-3,7-10H2. The van der Waals surface area contributed by atoms with Gasteiger partial charge in [0.2, 0.25) is 15.9 Å². The zero-order chi connectivity index (χ0) is 16.3. The maximum atomic E-state index is 12.4. The van der Waals surface area contributed by atoms with Crippen LogP contribution in [0.4, 0.5) is 0 Å². The Bertz CT molecular complexity index is 797. The number of carbonyl (C=O) groups excluding carboxylic acids is 1. The zero-order valence-electron chi connectivity index (χ0n) is 12.6. The van der Waals surface area contributed by atoms with Crippen molar-refractivity contribution in [2.45, 2.75) is 30.6 Å². The fourth-order valence-corrected chi connectivity index (χ4v) is 4.47. The highest BCUT2D eigenvalue weighted by molar-refractivity contribution is 7.89. The quantitative estimate of drug-likeness (QED) is 0.875. The minimum atomic E-state index is -3.70. The smallest absolute Gasteiger partial charge is 0.242 e. The van der Waals surface area contributed by atoms with E-state index in [9.17, 15) is 13.2 Å². The predicted molar refractivity (Wildman–Crippen MR) is 87.7 cm³/mol. The number of nitrogens with one attached hydrogen (secondary N) is 1. The van der Waals surface area contributed by atoms with Gasteiger partial charge in [-0.2, -0.15) is 8.75 Å². The summed E-state index contributed by atoms with van der Waals surface area (Å²) in [6.07, 6.45) is 3.37. The summed E-state index contributed by atoms with van der Waals surface area (Å²) in [5.74, 6) is 0.000864. The Kier molecular flexibility index (Phi) is 4.88. The van der Waals surface area contributed by atoms with Gasteiger partial charge in [-0.15, -0.1) is 0 Å². The van der Waals surface area contributed by atoms with Gasteiger partial charge in [0.15, 0.2) is 0 Å². The first-order valence-corrected chi connectivity index (χ1v) is 9.78. The third kappa shape index (κ3) is 3.67. The van der Waals surface area contributed by atoms with E-state index in [0.29, 0.717) is 11.0 Å². The molecule has 1 amide bonds. The van der Waals surface area contributed by atoms with E-state index >= 15 is 0 Å². The number of amides is 1. The molecule has 3 rings (SSSR count). The van der Waals surface area contributed by atoms with Crippen LogP contribution in [0.5, 0.6) is 0 Å². The Morgan fingerprint density at radius 1 is 1.22 bits per heavy atom. The Morgan fingerprint density at radius 2 is 2.00 bits per heavy atom. The maximum Gasteiger partial charge on any atom is 0.242 e. The zero-order valence-corrected chi connectivity index (χ0v) is 14.2. The molecule has 0 aliphatic carbocycles. The van der Waals surface area contributed by atoms with Crippen molar-refractivity contribution in [1.29, 1.82) is 0 Å². The highest BCUT2D eigenvalue weighted by Crippen LogP contribution is 2.20. The van der Waals surface area contributed by atoms with Gasteiger partial charge in [0.05, 0.1) is 11.7 Å². The van der Waals surface area contributed by atoms with Crippen LogP contribution in [-0.2, 0) is 14.8 Å². The van der Waals surface area contributed by atoms with Crippen molar-refractivity contribution in [2.75, 3.05) is 19.6 Å². The van der Waals surface area contributed by atoms with Crippen molar-refractivity contribution < 1.29 is 13.2 Å². The average molecular weight is 354 g/mol. The summed E-state index contributed by atoms with van der Waals surface area (Å²) in [5.41, 5.74) is 0.926. The average Bonchev–Trinajstić information content (AvgIpc) is 3.03. The fraction of sp³-hybridized carbons (Fsp3) is 0.500. The predicted octanol–water partition coefficient (Wildman–Crippen LogP) is 1.37. The monoisotopic (exact) mass is 354 g/mol. The van der Waals surface area contributed by atoms with Crippen LogP contribution < -0.4 is 4.72 Å². The van der Waals surface area contributed by atoms with E-state index in [4.69, 9.17) is 0 Å². The summed E-state index contributed by atoms with van der Waals surface area (Å²) in [6.45, 7) is 1.64. The second-order valence-corrected chi connectivity index (χ2v) is 7.74. The van der Waals surface area contributed by atoms with Gasteiger partial charge >= 0.3 is 0 Å². The molecular weight excluding hydrogens is 336 g/mol. The normalized spacial score (nSPS) is 15.9. The summed E-state index contributed by atoms with van der Waals surface area (Å²) >= 11 is 0.978. The van der Waals surface area contributed by atoms with Crippen molar-refractivity contribution in [3.8, 4) is 0 Å². The van der Waals surface area contributed by atoms with Crippen molar-refractivity contribution >= 4 is 38.7 Å². The Morgan fingerprint density at radius 3 is 2.78 bits per heavy atom. The molecule has 0 saturated carbocycles. The van der Waals surface area contributed by atoms with Gasteiger partial charge in [0.1, 0.15) is 15.9 Å². The van der Waals surface area contributed by atoms with Crippen molar-refractivity contribution in [2.24, 2.45) is 0 Å².